The molecule has 3 rings (SSSR count). The molecule has 0 spiro atoms. The van der Waals surface area contributed by atoms with E-state index in [0.717, 1.165) is 32.2 Å². The smallest absolute Gasteiger partial charge is 0.251 e. The SMILES string of the molecule is O=C(NCC1CCC(Cl)CC1)c1ccc2c(c1)OCCO2. The molecule has 0 bridgehead atoms. The van der Waals surface area contributed by atoms with Crippen LogP contribution in [0, 0.1) is 5.92 Å². The van der Waals surface area contributed by atoms with Gasteiger partial charge in [0.25, 0.3) is 5.91 Å². The summed E-state index contributed by atoms with van der Waals surface area (Å²) in [7, 11) is 0. The number of carbonyl (C=O) groups is 1. The van der Waals surface area contributed by atoms with Gasteiger partial charge in [-0.15, -0.1) is 11.6 Å². The highest BCUT2D eigenvalue weighted by Crippen LogP contribution is 2.31. The number of alkyl halides is 1. The Bertz CT molecular complexity index is 512. The number of benzene rings is 1. The number of fused-ring (bicyclic) bond motifs is 1. The second-order valence-electron chi connectivity index (χ2n) is 5.69. The predicted molar refractivity (Wildman–Crippen MR) is 81.4 cm³/mol. The first-order valence-electron chi connectivity index (χ1n) is 7.54. The van der Waals surface area contributed by atoms with Crippen LogP contribution in [-0.4, -0.2) is 31.0 Å². The first-order valence-corrected chi connectivity index (χ1v) is 7.98. The molecule has 1 amide bonds. The molecule has 0 radical (unpaired) electrons. The number of hydrogen-bond acceptors (Lipinski definition) is 3. The fourth-order valence-electron chi connectivity index (χ4n) is 2.85. The Balaban J connectivity index is 1.55. The zero-order chi connectivity index (χ0) is 14.7. The van der Waals surface area contributed by atoms with Crippen molar-refractivity contribution in [2.75, 3.05) is 19.8 Å². The Morgan fingerprint density at radius 2 is 1.86 bits per heavy atom. The summed E-state index contributed by atoms with van der Waals surface area (Å²) in [5.74, 6) is 1.84. The molecule has 1 aromatic rings. The van der Waals surface area contributed by atoms with Crippen LogP contribution in [-0.2, 0) is 0 Å². The van der Waals surface area contributed by atoms with Crippen molar-refractivity contribution in [1.29, 1.82) is 0 Å². The van der Waals surface area contributed by atoms with Crippen molar-refractivity contribution in [3.05, 3.63) is 23.8 Å². The normalized spacial score (nSPS) is 24.4. The Hall–Kier alpha value is -1.42. The van der Waals surface area contributed by atoms with Crippen LogP contribution in [0.3, 0.4) is 0 Å². The standard InChI is InChI=1S/C16H20ClNO3/c17-13-4-1-11(2-5-13)10-18-16(19)12-3-6-14-15(9-12)21-8-7-20-14/h3,6,9,11,13H,1-2,4-5,7-8,10H2,(H,18,19). The molecule has 0 saturated heterocycles. The van der Waals surface area contributed by atoms with Crippen molar-refractivity contribution in [2.24, 2.45) is 5.92 Å². The second kappa shape index (κ2) is 6.56. The molecule has 1 fully saturated rings. The predicted octanol–water partition coefficient (Wildman–Crippen LogP) is 2.99. The second-order valence-corrected chi connectivity index (χ2v) is 6.30. The minimum Gasteiger partial charge on any atom is -0.486 e. The maximum Gasteiger partial charge on any atom is 0.251 e. The van der Waals surface area contributed by atoms with Gasteiger partial charge in [-0.25, -0.2) is 0 Å². The molecule has 114 valence electrons. The monoisotopic (exact) mass is 309 g/mol. The van der Waals surface area contributed by atoms with E-state index in [2.05, 4.69) is 5.32 Å². The lowest BCUT2D eigenvalue weighted by Crippen LogP contribution is -2.31. The lowest BCUT2D eigenvalue weighted by atomic mass is 9.89. The lowest BCUT2D eigenvalue weighted by Gasteiger charge is -2.25. The quantitative estimate of drug-likeness (QED) is 0.873. The van der Waals surface area contributed by atoms with Gasteiger partial charge in [-0.3, -0.25) is 4.79 Å². The summed E-state index contributed by atoms with van der Waals surface area (Å²) in [6.45, 7) is 1.80. The van der Waals surface area contributed by atoms with E-state index in [1.54, 1.807) is 18.2 Å². The molecule has 1 heterocycles. The van der Waals surface area contributed by atoms with Crippen LogP contribution in [0.15, 0.2) is 18.2 Å². The van der Waals surface area contributed by atoms with Crippen LogP contribution in [0.5, 0.6) is 11.5 Å². The van der Waals surface area contributed by atoms with Crippen LogP contribution >= 0.6 is 11.6 Å². The van der Waals surface area contributed by atoms with Crippen molar-refractivity contribution < 1.29 is 14.3 Å². The van der Waals surface area contributed by atoms with Gasteiger partial charge in [0.2, 0.25) is 0 Å². The zero-order valence-corrected chi connectivity index (χ0v) is 12.7. The minimum atomic E-state index is -0.0556. The number of hydrogen-bond donors (Lipinski definition) is 1. The van der Waals surface area contributed by atoms with E-state index < -0.39 is 0 Å². The molecule has 4 nitrogen and oxygen atoms in total. The fourth-order valence-corrected chi connectivity index (χ4v) is 3.10. The molecule has 1 aliphatic carbocycles. The summed E-state index contributed by atoms with van der Waals surface area (Å²) >= 11 is 6.09. The van der Waals surface area contributed by atoms with E-state index >= 15 is 0 Å². The Kier molecular flexibility index (Phi) is 4.54. The van der Waals surface area contributed by atoms with Gasteiger partial charge in [0.1, 0.15) is 13.2 Å². The maximum absolute atomic E-state index is 12.2. The van der Waals surface area contributed by atoms with Crippen LogP contribution in [0.4, 0.5) is 0 Å². The summed E-state index contributed by atoms with van der Waals surface area (Å²) in [6, 6.07) is 5.32. The fraction of sp³-hybridized carbons (Fsp3) is 0.562. The van der Waals surface area contributed by atoms with E-state index in [0.29, 0.717) is 41.6 Å². The van der Waals surface area contributed by atoms with Gasteiger partial charge in [0.15, 0.2) is 11.5 Å². The highest BCUT2D eigenvalue weighted by molar-refractivity contribution is 6.20. The van der Waals surface area contributed by atoms with Gasteiger partial charge < -0.3 is 14.8 Å². The van der Waals surface area contributed by atoms with Crippen molar-refractivity contribution in [3.8, 4) is 11.5 Å². The van der Waals surface area contributed by atoms with Crippen LogP contribution in [0.2, 0.25) is 0 Å². The topological polar surface area (TPSA) is 47.6 Å². The van der Waals surface area contributed by atoms with Gasteiger partial charge in [-0.1, -0.05) is 0 Å². The Morgan fingerprint density at radius 3 is 2.62 bits per heavy atom. The number of halogens is 1. The highest BCUT2D eigenvalue weighted by Gasteiger charge is 2.20. The third-order valence-electron chi connectivity index (χ3n) is 4.13. The van der Waals surface area contributed by atoms with Crippen molar-refractivity contribution in [2.45, 2.75) is 31.1 Å². The van der Waals surface area contributed by atoms with E-state index in [-0.39, 0.29) is 5.91 Å². The molecule has 0 aromatic heterocycles. The van der Waals surface area contributed by atoms with Crippen molar-refractivity contribution >= 4 is 17.5 Å². The molecule has 1 N–H and O–H groups in total. The van der Waals surface area contributed by atoms with Crippen LogP contribution in [0.25, 0.3) is 0 Å². The third-order valence-corrected chi connectivity index (χ3v) is 4.57. The van der Waals surface area contributed by atoms with Gasteiger partial charge in [0, 0.05) is 17.5 Å². The van der Waals surface area contributed by atoms with Gasteiger partial charge >= 0.3 is 0 Å². The Labute approximate surface area is 129 Å². The summed E-state index contributed by atoms with van der Waals surface area (Å²) in [5.41, 5.74) is 0.616. The van der Waals surface area contributed by atoms with Gasteiger partial charge in [0.05, 0.1) is 0 Å². The molecule has 1 saturated carbocycles. The lowest BCUT2D eigenvalue weighted by molar-refractivity contribution is 0.0942. The third kappa shape index (κ3) is 3.62. The maximum atomic E-state index is 12.2. The molecule has 1 aliphatic heterocycles. The van der Waals surface area contributed by atoms with E-state index in [9.17, 15) is 4.79 Å². The van der Waals surface area contributed by atoms with Gasteiger partial charge in [-0.05, 0) is 49.8 Å². The first kappa shape index (κ1) is 14.5. The van der Waals surface area contributed by atoms with Crippen molar-refractivity contribution in [3.63, 3.8) is 0 Å². The molecule has 21 heavy (non-hydrogen) atoms. The number of rotatable bonds is 3. The molecule has 5 heteroatoms. The number of ether oxygens (including phenoxy) is 2. The van der Waals surface area contributed by atoms with E-state index in [1.165, 1.54) is 0 Å². The average Bonchev–Trinajstić information content (AvgIpc) is 2.53. The molecule has 1 aromatic carbocycles. The largest absolute Gasteiger partial charge is 0.486 e. The van der Waals surface area contributed by atoms with Gasteiger partial charge in [-0.2, -0.15) is 0 Å². The number of amides is 1. The van der Waals surface area contributed by atoms with Crippen LogP contribution in [0.1, 0.15) is 36.0 Å². The molecule has 0 atom stereocenters. The summed E-state index contributed by atoms with van der Waals surface area (Å²) in [5, 5.41) is 3.33. The molecule has 2 aliphatic rings. The Morgan fingerprint density at radius 1 is 1.14 bits per heavy atom. The molecular weight excluding hydrogens is 290 g/mol. The molecule has 0 unspecified atom stereocenters. The molecular formula is C16H20ClNO3. The van der Waals surface area contributed by atoms with E-state index in [4.69, 9.17) is 21.1 Å². The van der Waals surface area contributed by atoms with Crippen LogP contribution < -0.4 is 14.8 Å². The number of nitrogens with one attached hydrogen (secondary N) is 1. The van der Waals surface area contributed by atoms with Crippen molar-refractivity contribution in [1.82, 2.24) is 5.32 Å². The van der Waals surface area contributed by atoms with E-state index in [1.807, 2.05) is 0 Å². The summed E-state index contributed by atoms with van der Waals surface area (Å²) < 4.78 is 11.0. The first-order chi connectivity index (χ1) is 10.2. The minimum absolute atomic E-state index is 0.0556. The summed E-state index contributed by atoms with van der Waals surface area (Å²) in [4.78, 5) is 12.2. The zero-order valence-electron chi connectivity index (χ0n) is 11.9. The summed E-state index contributed by atoms with van der Waals surface area (Å²) in [6.07, 6.45) is 4.28. The number of carbonyl (C=O) groups excluding carboxylic acids is 1. The average molecular weight is 310 g/mol. The highest BCUT2D eigenvalue weighted by atomic mass is 35.5.